The van der Waals surface area contributed by atoms with E-state index in [1.54, 1.807) is 0 Å². The molecule has 2 unspecified atom stereocenters. The summed E-state index contributed by atoms with van der Waals surface area (Å²) < 4.78 is 0. The van der Waals surface area contributed by atoms with Crippen LogP contribution in [0, 0.1) is 11.8 Å². The second-order valence-electron chi connectivity index (χ2n) is 4.86. The van der Waals surface area contributed by atoms with Crippen LogP contribution in [0.3, 0.4) is 0 Å². The summed E-state index contributed by atoms with van der Waals surface area (Å²) in [6.07, 6.45) is 4.75. The average Bonchev–Trinajstić information content (AvgIpc) is 2.44. The zero-order chi connectivity index (χ0) is 9.42. The number of fused-ring (bicyclic) bond motifs is 2. The molecule has 2 bridgehead atoms. The van der Waals surface area contributed by atoms with Gasteiger partial charge in [-0.25, -0.2) is 0 Å². The molecule has 74 valence electrons. The molecule has 0 radical (unpaired) electrons. The number of rotatable bonds is 2. The Hall–Kier alpha value is -0.370. The van der Waals surface area contributed by atoms with Crippen molar-refractivity contribution >= 4 is 5.78 Å². The topological polar surface area (TPSA) is 29.1 Å². The van der Waals surface area contributed by atoms with Crippen molar-refractivity contribution in [3.63, 3.8) is 0 Å². The largest absolute Gasteiger partial charge is 0.311 e. The van der Waals surface area contributed by atoms with Crippen LogP contribution in [0.2, 0.25) is 0 Å². The van der Waals surface area contributed by atoms with Crippen LogP contribution in [0.25, 0.3) is 0 Å². The third-order valence-electron chi connectivity index (χ3n) is 3.44. The summed E-state index contributed by atoms with van der Waals surface area (Å²) in [5, 5.41) is 3.56. The van der Waals surface area contributed by atoms with E-state index in [1.165, 1.54) is 12.8 Å². The lowest BCUT2D eigenvalue weighted by molar-refractivity contribution is -0.127. The van der Waals surface area contributed by atoms with Crippen molar-refractivity contribution in [2.45, 2.75) is 51.6 Å². The highest BCUT2D eigenvalue weighted by atomic mass is 16.1. The lowest BCUT2D eigenvalue weighted by Crippen LogP contribution is -2.41. The average molecular weight is 181 g/mol. The first kappa shape index (κ1) is 9.20. The van der Waals surface area contributed by atoms with E-state index in [-0.39, 0.29) is 5.92 Å². The van der Waals surface area contributed by atoms with E-state index in [9.17, 15) is 4.79 Å². The highest BCUT2D eigenvalue weighted by Crippen LogP contribution is 2.32. The molecular formula is C11H19NO. The van der Waals surface area contributed by atoms with Crippen molar-refractivity contribution in [3.05, 3.63) is 0 Å². The Balaban J connectivity index is 1.98. The fraction of sp³-hybridized carbons (Fsp3) is 0.909. The second kappa shape index (κ2) is 3.41. The van der Waals surface area contributed by atoms with E-state index in [2.05, 4.69) is 5.32 Å². The van der Waals surface area contributed by atoms with Gasteiger partial charge in [-0.1, -0.05) is 13.8 Å². The molecule has 2 nitrogen and oxygen atoms in total. The molecule has 2 heterocycles. The number of hydrogen-bond acceptors (Lipinski definition) is 2. The van der Waals surface area contributed by atoms with Gasteiger partial charge in [0.25, 0.3) is 0 Å². The number of ketones is 1. The second-order valence-corrected chi connectivity index (χ2v) is 4.86. The Morgan fingerprint density at radius 3 is 2.23 bits per heavy atom. The molecule has 0 aromatic heterocycles. The van der Waals surface area contributed by atoms with E-state index in [1.807, 2.05) is 13.8 Å². The van der Waals surface area contributed by atoms with Gasteiger partial charge in [-0.2, -0.15) is 0 Å². The molecule has 0 aliphatic carbocycles. The number of carbonyl (C=O) groups is 1. The van der Waals surface area contributed by atoms with Gasteiger partial charge in [-0.15, -0.1) is 0 Å². The lowest BCUT2D eigenvalue weighted by atomic mass is 9.84. The molecule has 2 rings (SSSR count). The minimum absolute atomic E-state index is 0.225. The molecule has 0 saturated carbocycles. The third kappa shape index (κ3) is 1.78. The molecular weight excluding hydrogens is 162 g/mol. The van der Waals surface area contributed by atoms with Crippen LogP contribution < -0.4 is 5.32 Å². The Morgan fingerprint density at radius 1 is 1.23 bits per heavy atom. The monoisotopic (exact) mass is 181 g/mol. The first-order valence-corrected chi connectivity index (χ1v) is 5.46. The number of hydrogen-bond donors (Lipinski definition) is 1. The van der Waals surface area contributed by atoms with Crippen LogP contribution in [0.15, 0.2) is 0 Å². The van der Waals surface area contributed by atoms with Gasteiger partial charge < -0.3 is 5.32 Å². The molecule has 0 aromatic carbocycles. The van der Waals surface area contributed by atoms with Crippen molar-refractivity contribution in [2.24, 2.45) is 11.8 Å². The Kier molecular flexibility index (Phi) is 2.41. The summed E-state index contributed by atoms with van der Waals surface area (Å²) in [5.74, 6) is 1.07. The molecule has 0 amide bonds. The zero-order valence-electron chi connectivity index (χ0n) is 8.55. The SMILES string of the molecule is CC(C)C(=O)C1CC2CCC(C1)N2. The Labute approximate surface area is 80.1 Å². The number of piperidine rings is 1. The van der Waals surface area contributed by atoms with Crippen LogP contribution in [0.1, 0.15) is 39.5 Å². The third-order valence-corrected chi connectivity index (χ3v) is 3.44. The van der Waals surface area contributed by atoms with E-state index in [4.69, 9.17) is 0 Å². The van der Waals surface area contributed by atoms with Crippen molar-refractivity contribution in [2.75, 3.05) is 0 Å². The summed E-state index contributed by atoms with van der Waals surface area (Å²) >= 11 is 0. The van der Waals surface area contributed by atoms with Crippen LogP contribution in [0.5, 0.6) is 0 Å². The normalized spacial score (nSPS) is 38.2. The Bertz CT molecular complexity index is 200. The predicted octanol–water partition coefficient (Wildman–Crippen LogP) is 1.74. The molecule has 13 heavy (non-hydrogen) atoms. The van der Waals surface area contributed by atoms with Gasteiger partial charge in [0.05, 0.1) is 0 Å². The van der Waals surface area contributed by atoms with Crippen molar-refractivity contribution in [1.29, 1.82) is 0 Å². The molecule has 2 fully saturated rings. The van der Waals surface area contributed by atoms with Gasteiger partial charge in [0.2, 0.25) is 0 Å². The van der Waals surface area contributed by atoms with Crippen molar-refractivity contribution < 1.29 is 4.79 Å². The molecule has 2 saturated heterocycles. The smallest absolute Gasteiger partial charge is 0.138 e. The number of nitrogens with one attached hydrogen (secondary N) is 1. The Morgan fingerprint density at radius 2 is 1.77 bits per heavy atom. The van der Waals surface area contributed by atoms with Crippen LogP contribution in [-0.4, -0.2) is 17.9 Å². The molecule has 2 aliphatic rings. The maximum absolute atomic E-state index is 11.8. The maximum Gasteiger partial charge on any atom is 0.138 e. The zero-order valence-corrected chi connectivity index (χ0v) is 8.55. The van der Waals surface area contributed by atoms with Gasteiger partial charge in [0.15, 0.2) is 0 Å². The predicted molar refractivity (Wildman–Crippen MR) is 52.5 cm³/mol. The number of carbonyl (C=O) groups excluding carboxylic acids is 1. The molecule has 2 atom stereocenters. The highest BCUT2D eigenvalue weighted by molar-refractivity contribution is 5.83. The first-order valence-electron chi connectivity index (χ1n) is 5.46. The van der Waals surface area contributed by atoms with Crippen LogP contribution >= 0.6 is 0 Å². The molecule has 1 N–H and O–H groups in total. The van der Waals surface area contributed by atoms with Gasteiger partial charge in [0, 0.05) is 23.9 Å². The minimum Gasteiger partial charge on any atom is -0.311 e. The van der Waals surface area contributed by atoms with Crippen molar-refractivity contribution in [1.82, 2.24) is 5.32 Å². The van der Waals surface area contributed by atoms with Crippen LogP contribution in [0.4, 0.5) is 0 Å². The summed E-state index contributed by atoms with van der Waals surface area (Å²) in [6, 6.07) is 1.29. The van der Waals surface area contributed by atoms with Gasteiger partial charge in [0.1, 0.15) is 5.78 Å². The first-order chi connectivity index (χ1) is 6.16. The van der Waals surface area contributed by atoms with Crippen molar-refractivity contribution in [3.8, 4) is 0 Å². The maximum atomic E-state index is 11.8. The van der Waals surface area contributed by atoms with Gasteiger partial charge in [-0.3, -0.25) is 4.79 Å². The molecule has 2 heteroatoms. The standard InChI is InChI=1S/C11H19NO/c1-7(2)11(13)8-5-9-3-4-10(6-8)12-9/h7-10,12H,3-6H2,1-2H3. The minimum atomic E-state index is 0.225. The summed E-state index contributed by atoms with van der Waals surface area (Å²) in [4.78, 5) is 11.8. The molecule has 0 spiro atoms. The molecule has 2 aliphatic heterocycles. The van der Waals surface area contributed by atoms with E-state index >= 15 is 0 Å². The highest BCUT2D eigenvalue weighted by Gasteiger charge is 2.36. The lowest BCUT2D eigenvalue weighted by Gasteiger charge is -2.29. The van der Waals surface area contributed by atoms with E-state index in [0.29, 0.717) is 23.8 Å². The van der Waals surface area contributed by atoms with Crippen LogP contribution in [-0.2, 0) is 4.79 Å². The van der Waals surface area contributed by atoms with Gasteiger partial charge in [-0.05, 0) is 25.7 Å². The van der Waals surface area contributed by atoms with E-state index < -0.39 is 0 Å². The number of Topliss-reactive ketones (excluding diaryl/α,β-unsaturated/α-hetero) is 1. The van der Waals surface area contributed by atoms with E-state index in [0.717, 1.165) is 12.8 Å². The van der Waals surface area contributed by atoms with Gasteiger partial charge >= 0.3 is 0 Å². The molecule has 0 aromatic rings. The summed E-state index contributed by atoms with van der Waals surface area (Å²) in [7, 11) is 0. The summed E-state index contributed by atoms with van der Waals surface area (Å²) in [6.45, 7) is 4.04. The quantitative estimate of drug-likeness (QED) is 0.703. The fourth-order valence-corrected chi connectivity index (χ4v) is 2.76. The fourth-order valence-electron chi connectivity index (χ4n) is 2.76. The summed E-state index contributed by atoms with van der Waals surface area (Å²) in [5.41, 5.74) is 0.